The van der Waals surface area contributed by atoms with E-state index in [-0.39, 0.29) is 17.8 Å². The Bertz CT molecular complexity index is 515. The minimum Gasteiger partial charge on any atom is -0.508 e. The molecule has 116 valence electrons. The minimum atomic E-state index is -0.472. The maximum atomic E-state index is 12.0. The number of phenols is 1. The average molecular weight is 292 g/mol. The number of likely N-dealkylation sites (tertiary alicyclic amines) is 1. The zero-order chi connectivity index (χ0) is 15.6. The fourth-order valence-electron chi connectivity index (χ4n) is 2.60. The van der Waals surface area contributed by atoms with Gasteiger partial charge in [-0.25, -0.2) is 4.79 Å². The molecule has 0 atom stereocenters. The average Bonchev–Trinajstić information content (AvgIpc) is 2.40. The van der Waals surface area contributed by atoms with Crippen LogP contribution in [0.25, 0.3) is 0 Å². The lowest BCUT2D eigenvalue weighted by Crippen LogP contribution is -2.41. The second-order valence-corrected chi connectivity index (χ2v) is 6.56. The summed E-state index contributed by atoms with van der Waals surface area (Å²) in [6.07, 6.45) is 1.34. The van der Waals surface area contributed by atoms with E-state index in [0.717, 1.165) is 18.4 Å². The Morgan fingerprint density at radius 1 is 1.33 bits per heavy atom. The molecule has 1 heterocycles. The SMILES string of the molecule is CC(C)(C)OC(=O)N1CCC(c2cc(N)ccc2O)CC1. The van der Waals surface area contributed by atoms with Gasteiger partial charge in [-0.1, -0.05) is 0 Å². The Morgan fingerprint density at radius 3 is 2.52 bits per heavy atom. The highest BCUT2D eigenvalue weighted by molar-refractivity contribution is 5.68. The third kappa shape index (κ3) is 4.03. The van der Waals surface area contributed by atoms with Gasteiger partial charge in [0.05, 0.1) is 0 Å². The van der Waals surface area contributed by atoms with Gasteiger partial charge in [0.1, 0.15) is 11.4 Å². The summed E-state index contributed by atoms with van der Waals surface area (Å²) in [7, 11) is 0. The first-order chi connectivity index (χ1) is 9.76. The van der Waals surface area contributed by atoms with Gasteiger partial charge in [-0.3, -0.25) is 0 Å². The van der Waals surface area contributed by atoms with E-state index in [0.29, 0.717) is 18.8 Å². The van der Waals surface area contributed by atoms with Crippen molar-refractivity contribution < 1.29 is 14.6 Å². The highest BCUT2D eigenvalue weighted by Gasteiger charge is 2.28. The van der Waals surface area contributed by atoms with Crippen molar-refractivity contribution in [1.82, 2.24) is 4.90 Å². The second kappa shape index (κ2) is 5.84. The number of hydrogen-bond acceptors (Lipinski definition) is 4. The van der Waals surface area contributed by atoms with E-state index in [1.165, 1.54) is 0 Å². The van der Waals surface area contributed by atoms with Gasteiger partial charge in [0.2, 0.25) is 0 Å². The first kappa shape index (κ1) is 15.5. The van der Waals surface area contributed by atoms with Gasteiger partial charge >= 0.3 is 6.09 Å². The number of aromatic hydroxyl groups is 1. The van der Waals surface area contributed by atoms with Crippen molar-refractivity contribution in [3.8, 4) is 5.75 Å². The van der Waals surface area contributed by atoms with E-state index in [9.17, 15) is 9.90 Å². The number of nitrogens with zero attached hydrogens (tertiary/aromatic N) is 1. The molecule has 0 bridgehead atoms. The smallest absolute Gasteiger partial charge is 0.410 e. The summed E-state index contributed by atoms with van der Waals surface area (Å²) in [4.78, 5) is 13.7. The van der Waals surface area contributed by atoms with E-state index in [1.807, 2.05) is 26.8 Å². The monoisotopic (exact) mass is 292 g/mol. The van der Waals surface area contributed by atoms with Crippen LogP contribution in [0.2, 0.25) is 0 Å². The number of hydrogen-bond donors (Lipinski definition) is 2. The second-order valence-electron chi connectivity index (χ2n) is 6.56. The Labute approximate surface area is 125 Å². The molecule has 1 saturated heterocycles. The molecule has 0 unspecified atom stereocenters. The summed E-state index contributed by atoms with van der Waals surface area (Å²) in [5.41, 5.74) is 6.84. The van der Waals surface area contributed by atoms with Crippen LogP contribution in [0, 0.1) is 0 Å². The molecule has 0 aromatic heterocycles. The molecule has 1 aromatic rings. The predicted octanol–water partition coefficient (Wildman–Crippen LogP) is 3.09. The standard InChI is InChI=1S/C16H24N2O3/c1-16(2,3)21-15(20)18-8-6-11(7-9-18)13-10-12(17)4-5-14(13)19/h4-5,10-11,19H,6-9,17H2,1-3H3. The molecule has 1 aliphatic heterocycles. The molecular weight excluding hydrogens is 268 g/mol. The van der Waals surface area contributed by atoms with Crippen molar-refractivity contribution in [2.75, 3.05) is 18.8 Å². The molecule has 21 heavy (non-hydrogen) atoms. The first-order valence-electron chi connectivity index (χ1n) is 7.32. The maximum absolute atomic E-state index is 12.0. The number of piperidine rings is 1. The number of nitrogen functional groups attached to an aromatic ring is 1. The zero-order valence-corrected chi connectivity index (χ0v) is 12.9. The van der Waals surface area contributed by atoms with Gasteiger partial charge in [-0.2, -0.15) is 0 Å². The van der Waals surface area contributed by atoms with Crippen molar-refractivity contribution >= 4 is 11.8 Å². The number of ether oxygens (including phenoxy) is 1. The highest BCUT2D eigenvalue weighted by atomic mass is 16.6. The largest absolute Gasteiger partial charge is 0.508 e. The molecule has 5 heteroatoms. The molecule has 1 aromatic carbocycles. The normalized spacial score (nSPS) is 16.8. The molecule has 3 N–H and O–H groups in total. The number of carbonyl (C=O) groups excluding carboxylic acids is 1. The third-order valence-electron chi connectivity index (χ3n) is 3.64. The lowest BCUT2D eigenvalue weighted by atomic mass is 9.88. The molecule has 5 nitrogen and oxygen atoms in total. The molecule has 1 fully saturated rings. The van der Waals surface area contributed by atoms with Crippen LogP contribution in [0.4, 0.5) is 10.5 Å². The van der Waals surface area contributed by atoms with Crippen molar-refractivity contribution in [3.05, 3.63) is 23.8 Å². The number of anilines is 1. The topological polar surface area (TPSA) is 75.8 Å². The molecule has 0 aliphatic carbocycles. The quantitative estimate of drug-likeness (QED) is 0.616. The lowest BCUT2D eigenvalue weighted by Gasteiger charge is -2.33. The summed E-state index contributed by atoms with van der Waals surface area (Å²) < 4.78 is 5.38. The number of carbonyl (C=O) groups is 1. The van der Waals surface area contributed by atoms with Crippen LogP contribution in [0.1, 0.15) is 45.1 Å². The number of benzene rings is 1. The first-order valence-corrected chi connectivity index (χ1v) is 7.32. The van der Waals surface area contributed by atoms with Crippen LogP contribution < -0.4 is 5.73 Å². The van der Waals surface area contributed by atoms with Gasteiger partial charge < -0.3 is 20.5 Å². The van der Waals surface area contributed by atoms with Gasteiger partial charge in [-0.05, 0) is 63.3 Å². The number of phenolic OH excluding ortho intramolecular Hbond substituents is 1. The summed E-state index contributed by atoms with van der Waals surface area (Å²) in [6.45, 7) is 6.86. The summed E-state index contributed by atoms with van der Waals surface area (Å²) >= 11 is 0. The molecule has 1 amide bonds. The van der Waals surface area contributed by atoms with E-state index in [2.05, 4.69) is 0 Å². The molecule has 2 rings (SSSR count). The van der Waals surface area contributed by atoms with Gasteiger partial charge in [0.25, 0.3) is 0 Å². The zero-order valence-electron chi connectivity index (χ0n) is 12.9. The third-order valence-corrected chi connectivity index (χ3v) is 3.64. The van der Waals surface area contributed by atoms with E-state index in [4.69, 9.17) is 10.5 Å². The van der Waals surface area contributed by atoms with Crippen molar-refractivity contribution in [2.45, 2.75) is 45.1 Å². The Hall–Kier alpha value is -1.91. The van der Waals surface area contributed by atoms with E-state index in [1.54, 1.807) is 17.0 Å². The van der Waals surface area contributed by atoms with Crippen LogP contribution in [0.3, 0.4) is 0 Å². The van der Waals surface area contributed by atoms with Crippen molar-refractivity contribution in [2.24, 2.45) is 0 Å². The molecule has 0 spiro atoms. The number of amides is 1. The van der Waals surface area contributed by atoms with Gasteiger partial charge in [-0.15, -0.1) is 0 Å². The molecule has 0 saturated carbocycles. The summed E-state index contributed by atoms with van der Waals surface area (Å²) in [5, 5.41) is 9.95. The fraction of sp³-hybridized carbons (Fsp3) is 0.562. The molecule has 0 radical (unpaired) electrons. The van der Waals surface area contributed by atoms with Crippen LogP contribution in [-0.4, -0.2) is 34.8 Å². The Kier molecular flexibility index (Phi) is 4.30. The molecule has 1 aliphatic rings. The van der Waals surface area contributed by atoms with Crippen LogP contribution in [-0.2, 0) is 4.74 Å². The number of rotatable bonds is 1. The van der Waals surface area contributed by atoms with Crippen molar-refractivity contribution in [1.29, 1.82) is 0 Å². The van der Waals surface area contributed by atoms with E-state index < -0.39 is 5.60 Å². The summed E-state index contributed by atoms with van der Waals surface area (Å²) in [6, 6.07) is 5.14. The van der Waals surface area contributed by atoms with Crippen LogP contribution in [0.5, 0.6) is 5.75 Å². The van der Waals surface area contributed by atoms with Gasteiger partial charge in [0, 0.05) is 18.8 Å². The van der Waals surface area contributed by atoms with E-state index >= 15 is 0 Å². The van der Waals surface area contributed by atoms with Crippen LogP contribution >= 0.6 is 0 Å². The van der Waals surface area contributed by atoms with Crippen LogP contribution in [0.15, 0.2) is 18.2 Å². The number of nitrogens with two attached hydrogens (primary N) is 1. The molecular formula is C16H24N2O3. The van der Waals surface area contributed by atoms with Crippen molar-refractivity contribution in [3.63, 3.8) is 0 Å². The Morgan fingerprint density at radius 2 is 1.95 bits per heavy atom. The highest BCUT2D eigenvalue weighted by Crippen LogP contribution is 2.35. The fourth-order valence-corrected chi connectivity index (χ4v) is 2.60. The maximum Gasteiger partial charge on any atom is 0.410 e. The van der Waals surface area contributed by atoms with Gasteiger partial charge in [0.15, 0.2) is 0 Å². The summed E-state index contributed by atoms with van der Waals surface area (Å²) in [5.74, 6) is 0.507. The minimum absolute atomic E-state index is 0.229. The Balaban J connectivity index is 1.97. The lowest BCUT2D eigenvalue weighted by molar-refractivity contribution is 0.0204. The predicted molar refractivity (Wildman–Crippen MR) is 82.3 cm³/mol.